The van der Waals surface area contributed by atoms with E-state index >= 15 is 0 Å². The molecule has 0 fully saturated rings. The first-order valence-electron chi connectivity index (χ1n) is 5.55. The molecule has 88 valence electrons. The van der Waals surface area contributed by atoms with Gasteiger partial charge in [-0.15, -0.1) is 0 Å². The van der Waals surface area contributed by atoms with Crippen LogP contribution in [0.2, 0.25) is 0 Å². The lowest BCUT2D eigenvalue weighted by atomic mass is 10.1. The number of carbonyl (C=O) groups is 1. The lowest BCUT2D eigenvalue weighted by molar-refractivity contribution is -0.123. The van der Waals surface area contributed by atoms with Crippen molar-refractivity contribution in [2.75, 3.05) is 18.6 Å². The van der Waals surface area contributed by atoms with Crippen molar-refractivity contribution in [2.24, 2.45) is 5.92 Å². The molecule has 1 rings (SSSR count). The molecule has 0 spiro atoms. The van der Waals surface area contributed by atoms with Crippen molar-refractivity contribution in [3.63, 3.8) is 0 Å². The smallest absolute Gasteiger partial charge is 0.232 e. The Bertz CT molecular complexity index is 341. The molecule has 1 aromatic carbocycles. The predicted octanol–water partition coefficient (Wildman–Crippen LogP) is 1.98. The number of aryl methyl sites for hydroxylation is 1. The summed E-state index contributed by atoms with van der Waals surface area (Å²) in [6, 6.07) is 7.77. The van der Waals surface area contributed by atoms with Gasteiger partial charge in [0, 0.05) is 12.7 Å². The maximum absolute atomic E-state index is 12.0. The summed E-state index contributed by atoms with van der Waals surface area (Å²) in [7, 11) is 1.74. The number of aliphatic hydroxyl groups excluding tert-OH is 1. The summed E-state index contributed by atoms with van der Waals surface area (Å²) in [5, 5.41) is 9.09. The standard InChI is InChI=1S/C13H19NO2/c1-4-11(9-15)13(16)14(3)12-7-5-10(2)6-8-12/h5-8,11,15H,4,9H2,1-3H3. The molecule has 0 radical (unpaired) electrons. The molecule has 0 saturated carbocycles. The molecule has 3 nitrogen and oxygen atoms in total. The first-order chi connectivity index (χ1) is 7.60. The third-order valence-corrected chi connectivity index (χ3v) is 2.81. The first kappa shape index (κ1) is 12.7. The van der Waals surface area contributed by atoms with E-state index in [0.29, 0.717) is 6.42 Å². The molecule has 0 heterocycles. The average molecular weight is 221 g/mol. The Kier molecular flexibility index (Phi) is 4.50. The van der Waals surface area contributed by atoms with Crippen molar-refractivity contribution < 1.29 is 9.90 Å². The summed E-state index contributed by atoms with van der Waals surface area (Å²) in [6.45, 7) is 3.82. The zero-order chi connectivity index (χ0) is 12.1. The lowest BCUT2D eigenvalue weighted by Crippen LogP contribution is -2.34. The molecule has 1 amide bonds. The molecular formula is C13H19NO2. The van der Waals surface area contributed by atoms with Gasteiger partial charge in [0.25, 0.3) is 0 Å². The second kappa shape index (κ2) is 5.66. The van der Waals surface area contributed by atoms with Gasteiger partial charge in [0.05, 0.1) is 12.5 Å². The van der Waals surface area contributed by atoms with Gasteiger partial charge in [0.1, 0.15) is 0 Å². The lowest BCUT2D eigenvalue weighted by Gasteiger charge is -2.22. The summed E-state index contributed by atoms with van der Waals surface area (Å²) in [4.78, 5) is 13.6. The largest absolute Gasteiger partial charge is 0.396 e. The van der Waals surface area contributed by atoms with E-state index in [-0.39, 0.29) is 18.4 Å². The van der Waals surface area contributed by atoms with Crippen molar-refractivity contribution in [2.45, 2.75) is 20.3 Å². The van der Waals surface area contributed by atoms with E-state index in [1.807, 2.05) is 38.1 Å². The van der Waals surface area contributed by atoms with Crippen molar-refractivity contribution in [1.82, 2.24) is 0 Å². The molecule has 1 atom stereocenters. The van der Waals surface area contributed by atoms with Crippen LogP contribution in [0, 0.1) is 12.8 Å². The molecule has 16 heavy (non-hydrogen) atoms. The van der Waals surface area contributed by atoms with Gasteiger partial charge >= 0.3 is 0 Å². The van der Waals surface area contributed by atoms with Crippen LogP contribution in [0.15, 0.2) is 24.3 Å². The first-order valence-corrected chi connectivity index (χ1v) is 5.55. The van der Waals surface area contributed by atoms with Crippen LogP contribution < -0.4 is 4.90 Å². The van der Waals surface area contributed by atoms with Gasteiger partial charge in [0.2, 0.25) is 5.91 Å². The predicted molar refractivity (Wildman–Crippen MR) is 65.5 cm³/mol. The highest BCUT2D eigenvalue weighted by molar-refractivity contribution is 5.94. The Hall–Kier alpha value is -1.35. The number of carbonyl (C=O) groups excluding carboxylic acids is 1. The number of hydrogen-bond donors (Lipinski definition) is 1. The van der Waals surface area contributed by atoms with Crippen molar-refractivity contribution in [1.29, 1.82) is 0 Å². The summed E-state index contributed by atoms with van der Waals surface area (Å²) in [5.41, 5.74) is 2.03. The summed E-state index contributed by atoms with van der Waals surface area (Å²) >= 11 is 0. The summed E-state index contributed by atoms with van der Waals surface area (Å²) < 4.78 is 0. The Morgan fingerprint density at radius 1 is 1.38 bits per heavy atom. The number of amides is 1. The fourth-order valence-corrected chi connectivity index (χ4v) is 1.55. The zero-order valence-electron chi connectivity index (χ0n) is 10.1. The number of anilines is 1. The average Bonchev–Trinajstić information content (AvgIpc) is 2.30. The number of benzene rings is 1. The minimum Gasteiger partial charge on any atom is -0.396 e. The van der Waals surface area contributed by atoms with Crippen LogP contribution in [0.5, 0.6) is 0 Å². The van der Waals surface area contributed by atoms with Crippen LogP contribution in [0.25, 0.3) is 0 Å². The number of nitrogens with zero attached hydrogens (tertiary/aromatic N) is 1. The van der Waals surface area contributed by atoms with Crippen LogP contribution in [0.1, 0.15) is 18.9 Å². The monoisotopic (exact) mass is 221 g/mol. The summed E-state index contributed by atoms with van der Waals surface area (Å²) in [6.07, 6.45) is 0.658. The minimum absolute atomic E-state index is 0.0335. The summed E-state index contributed by atoms with van der Waals surface area (Å²) in [5.74, 6) is -0.333. The number of hydrogen-bond acceptors (Lipinski definition) is 2. The molecule has 0 aliphatic rings. The molecular weight excluding hydrogens is 202 g/mol. The third kappa shape index (κ3) is 2.83. The molecule has 1 unspecified atom stereocenters. The van der Waals surface area contributed by atoms with Gasteiger partial charge in [-0.25, -0.2) is 0 Å². The molecule has 1 aromatic rings. The van der Waals surface area contributed by atoms with Crippen LogP contribution >= 0.6 is 0 Å². The molecule has 0 aliphatic carbocycles. The van der Waals surface area contributed by atoms with E-state index in [0.717, 1.165) is 5.69 Å². The Labute approximate surface area is 96.7 Å². The van der Waals surface area contributed by atoms with E-state index in [4.69, 9.17) is 5.11 Å². The van der Waals surface area contributed by atoms with Gasteiger partial charge in [-0.3, -0.25) is 4.79 Å². The quantitative estimate of drug-likeness (QED) is 0.844. The molecule has 3 heteroatoms. The normalized spacial score (nSPS) is 12.2. The highest BCUT2D eigenvalue weighted by atomic mass is 16.3. The van der Waals surface area contributed by atoms with Gasteiger partial charge in [-0.2, -0.15) is 0 Å². The fourth-order valence-electron chi connectivity index (χ4n) is 1.55. The highest BCUT2D eigenvalue weighted by Gasteiger charge is 2.20. The highest BCUT2D eigenvalue weighted by Crippen LogP contribution is 2.16. The molecule has 0 saturated heterocycles. The Morgan fingerprint density at radius 3 is 2.38 bits per heavy atom. The van der Waals surface area contributed by atoms with Crippen LogP contribution in [-0.4, -0.2) is 24.7 Å². The van der Waals surface area contributed by atoms with Crippen molar-refractivity contribution in [3.05, 3.63) is 29.8 Å². The van der Waals surface area contributed by atoms with Gasteiger partial charge in [-0.05, 0) is 25.5 Å². The maximum atomic E-state index is 12.0. The van der Waals surface area contributed by atoms with Gasteiger partial charge in [0.15, 0.2) is 0 Å². The fraction of sp³-hybridized carbons (Fsp3) is 0.462. The van der Waals surface area contributed by atoms with Crippen molar-refractivity contribution >= 4 is 11.6 Å². The van der Waals surface area contributed by atoms with E-state index in [9.17, 15) is 4.79 Å². The Morgan fingerprint density at radius 2 is 1.94 bits per heavy atom. The zero-order valence-corrected chi connectivity index (χ0v) is 10.1. The van der Waals surface area contributed by atoms with E-state index in [2.05, 4.69) is 0 Å². The molecule has 1 N–H and O–H groups in total. The van der Waals surface area contributed by atoms with Crippen molar-refractivity contribution in [3.8, 4) is 0 Å². The minimum atomic E-state index is -0.300. The van der Waals surface area contributed by atoms with Crippen LogP contribution in [0.4, 0.5) is 5.69 Å². The Balaban J connectivity index is 2.81. The van der Waals surface area contributed by atoms with Gasteiger partial charge in [-0.1, -0.05) is 24.6 Å². The van der Waals surface area contributed by atoms with E-state index < -0.39 is 0 Å². The second-order valence-corrected chi connectivity index (χ2v) is 4.02. The number of rotatable bonds is 4. The molecule has 0 aliphatic heterocycles. The van der Waals surface area contributed by atoms with Gasteiger partial charge < -0.3 is 10.0 Å². The number of aliphatic hydroxyl groups is 1. The molecule has 0 bridgehead atoms. The second-order valence-electron chi connectivity index (χ2n) is 4.02. The topological polar surface area (TPSA) is 40.5 Å². The maximum Gasteiger partial charge on any atom is 0.232 e. The SMILES string of the molecule is CCC(CO)C(=O)N(C)c1ccc(C)cc1. The molecule has 0 aromatic heterocycles. The van der Waals surface area contributed by atoms with E-state index in [1.165, 1.54) is 5.56 Å². The van der Waals surface area contributed by atoms with Crippen LogP contribution in [-0.2, 0) is 4.79 Å². The third-order valence-electron chi connectivity index (χ3n) is 2.81. The van der Waals surface area contributed by atoms with Crippen LogP contribution in [0.3, 0.4) is 0 Å². The van der Waals surface area contributed by atoms with E-state index in [1.54, 1.807) is 11.9 Å².